The van der Waals surface area contributed by atoms with E-state index < -0.39 is 0 Å². The highest BCUT2D eigenvalue weighted by Crippen LogP contribution is 2.16. The Balaban J connectivity index is 1.91. The van der Waals surface area contributed by atoms with Crippen LogP contribution in [0.25, 0.3) is 0 Å². The van der Waals surface area contributed by atoms with Crippen LogP contribution in [0.4, 0.5) is 5.13 Å². The van der Waals surface area contributed by atoms with Crippen molar-refractivity contribution in [3.05, 3.63) is 47.0 Å². The number of nitrogens with zero attached hydrogens (tertiary/aromatic N) is 1. The van der Waals surface area contributed by atoms with Crippen LogP contribution in [0.2, 0.25) is 0 Å². The van der Waals surface area contributed by atoms with Crippen molar-refractivity contribution in [2.75, 3.05) is 11.9 Å². The highest BCUT2D eigenvalue weighted by atomic mass is 32.1. The van der Waals surface area contributed by atoms with Crippen molar-refractivity contribution >= 4 is 28.3 Å². The molecule has 0 fully saturated rings. The molecule has 0 unspecified atom stereocenters. The van der Waals surface area contributed by atoms with Crippen molar-refractivity contribution in [1.29, 1.82) is 0 Å². The maximum absolute atomic E-state index is 12.0. The number of aromatic nitrogens is 1. The van der Waals surface area contributed by atoms with Crippen LogP contribution < -0.4 is 10.6 Å². The van der Waals surface area contributed by atoms with Gasteiger partial charge in [0, 0.05) is 17.5 Å². The van der Waals surface area contributed by atoms with E-state index >= 15 is 0 Å². The van der Waals surface area contributed by atoms with E-state index in [4.69, 9.17) is 0 Å². The summed E-state index contributed by atoms with van der Waals surface area (Å²) >= 11 is 1.32. The van der Waals surface area contributed by atoms with E-state index in [0.717, 1.165) is 6.42 Å². The number of anilines is 1. The number of amides is 2. The van der Waals surface area contributed by atoms with Gasteiger partial charge in [0.1, 0.15) is 0 Å². The van der Waals surface area contributed by atoms with Crippen LogP contribution in [0, 0.1) is 0 Å². The fourth-order valence-corrected chi connectivity index (χ4v) is 2.40. The van der Waals surface area contributed by atoms with Gasteiger partial charge in [-0.3, -0.25) is 14.9 Å². The molecule has 0 radical (unpaired) electrons. The molecule has 2 aromatic rings. The van der Waals surface area contributed by atoms with Crippen molar-refractivity contribution in [3.8, 4) is 0 Å². The molecule has 110 valence electrons. The SMILES string of the molecule is CCCNC(=O)Cc1csc(NC(=O)c2ccccc2)n1. The molecule has 0 spiro atoms. The lowest BCUT2D eigenvalue weighted by Crippen LogP contribution is -2.25. The Morgan fingerprint density at radius 2 is 2.00 bits per heavy atom. The van der Waals surface area contributed by atoms with E-state index in [1.165, 1.54) is 11.3 Å². The molecule has 2 rings (SSSR count). The summed E-state index contributed by atoms with van der Waals surface area (Å²) in [5.74, 6) is -0.255. The quantitative estimate of drug-likeness (QED) is 0.861. The minimum atomic E-state index is -0.202. The Labute approximate surface area is 127 Å². The van der Waals surface area contributed by atoms with Gasteiger partial charge in [0.25, 0.3) is 5.91 Å². The van der Waals surface area contributed by atoms with Gasteiger partial charge in [0.05, 0.1) is 12.1 Å². The lowest BCUT2D eigenvalue weighted by Gasteiger charge is -2.01. The van der Waals surface area contributed by atoms with Gasteiger partial charge >= 0.3 is 0 Å². The molecule has 1 heterocycles. The second kappa shape index (κ2) is 7.54. The van der Waals surface area contributed by atoms with Crippen molar-refractivity contribution < 1.29 is 9.59 Å². The molecule has 0 atom stereocenters. The van der Waals surface area contributed by atoms with Crippen molar-refractivity contribution in [2.45, 2.75) is 19.8 Å². The first-order valence-electron chi connectivity index (χ1n) is 6.76. The van der Waals surface area contributed by atoms with Gasteiger partial charge in [-0.15, -0.1) is 11.3 Å². The van der Waals surface area contributed by atoms with Crippen LogP contribution >= 0.6 is 11.3 Å². The molecule has 2 amide bonds. The topological polar surface area (TPSA) is 71.1 Å². The van der Waals surface area contributed by atoms with E-state index in [1.807, 2.05) is 13.0 Å². The standard InChI is InChI=1S/C15H17N3O2S/c1-2-8-16-13(19)9-12-10-21-15(17-12)18-14(20)11-6-4-3-5-7-11/h3-7,10H,2,8-9H2,1H3,(H,16,19)(H,17,18,20). The molecule has 0 aliphatic heterocycles. The molecule has 1 aromatic heterocycles. The van der Waals surface area contributed by atoms with Gasteiger partial charge in [-0.25, -0.2) is 4.98 Å². The van der Waals surface area contributed by atoms with Crippen molar-refractivity contribution in [2.24, 2.45) is 0 Å². The molecule has 21 heavy (non-hydrogen) atoms. The number of carbonyl (C=O) groups is 2. The predicted molar refractivity (Wildman–Crippen MR) is 83.5 cm³/mol. The maximum atomic E-state index is 12.0. The highest BCUT2D eigenvalue weighted by Gasteiger charge is 2.10. The molecule has 0 saturated carbocycles. The molecule has 2 N–H and O–H groups in total. The first kappa shape index (κ1) is 15.2. The molecule has 0 bridgehead atoms. The Morgan fingerprint density at radius 3 is 2.71 bits per heavy atom. The van der Waals surface area contributed by atoms with Crippen LogP contribution in [0.3, 0.4) is 0 Å². The highest BCUT2D eigenvalue weighted by molar-refractivity contribution is 7.14. The second-order valence-electron chi connectivity index (χ2n) is 4.49. The summed E-state index contributed by atoms with van der Waals surface area (Å²) in [5.41, 5.74) is 1.24. The Bertz CT molecular complexity index is 610. The van der Waals surface area contributed by atoms with Gasteiger partial charge in [0.15, 0.2) is 5.13 Å². The number of hydrogen-bond acceptors (Lipinski definition) is 4. The summed E-state index contributed by atoms with van der Waals surface area (Å²) in [6.07, 6.45) is 1.14. The van der Waals surface area contributed by atoms with Gasteiger partial charge in [0.2, 0.25) is 5.91 Å². The lowest BCUT2D eigenvalue weighted by atomic mass is 10.2. The van der Waals surface area contributed by atoms with Crippen molar-refractivity contribution in [3.63, 3.8) is 0 Å². The predicted octanol–water partition coefficient (Wildman–Crippen LogP) is 2.46. The number of carbonyl (C=O) groups excluding carboxylic acids is 2. The summed E-state index contributed by atoms with van der Waals surface area (Å²) < 4.78 is 0. The summed E-state index contributed by atoms with van der Waals surface area (Å²) in [7, 11) is 0. The largest absolute Gasteiger partial charge is 0.356 e. The van der Waals surface area contributed by atoms with Gasteiger partial charge in [-0.2, -0.15) is 0 Å². The Morgan fingerprint density at radius 1 is 1.24 bits per heavy atom. The first-order chi connectivity index (χ1) is 10.2. The van der Waals surface area contributed by atoms with E-state index in [0.29, 0.717) is 22.9 Å². The normalized spacial score (nSPS) is 10.1. The minimum Gasteiger partial charge on any atom is -0.356 e. The third kappa shape index (κ3) is 4.68. The molecular formula is C15H17N3O2S. The Kier molecular flexibility index (Phi) is 5.45. The van der Waals surface area contributed by atoms with Crippen molar-refractivity contribution in [1.82, 2.24) is 10.3 Å². The third-order valence-electron chi connectivity index (χ3n) is 2.72. The zero-order valence-electron chi connectivity index (χ0n) is 11.8. The zero-order valence-corrected chi connectivity index (χ0v) is 12.6. The van der Waals surface area contributed by atoms with Gasteiger partial charge in [-0.1, -0.05) is 25.1 Å². The molecule has 5 nitrogen and oxygen atoms in total. The summed E-state index contributed by atoms with van der Waals surface area (Å²) in [6, 6.07) is 8.94. The molecule has 1 aromatic carbocycles. The smallest absolute Gasteiger partial charge is 0.257 e. The number of hydrogen-bond donors (Lipinski definition) is 2. The van der Waals surface area contributed by atoms with Crippen LogP contribution in [0.1, 0.15) is 29.4 Å². The number of thiazole rings is 1. The number of rotatable bonds is 6. The summed E-state index contributed by atoms with van der Waals surface area (Å²) in [6.45, 7) is 2.67. The van der Waals surface area contributed by atoms with E-state index in [-0.39, 0.29) is 18.2 Å². The summed E-state index contributed by atoms with van der Waals surface area (Å²) in [4.78, 5) is 27.8. The van der Waals surface area contributed by atoms with Crippen LogP contribution in [-0.2, 0) is 11.2 Å². The van der Waals surface area contributed by atoms with Crippen LogP contribution in [0.5, 0.6) is 0 Å². The fraction of sp³-hybridized carbons (Fsp3) is 0.267. The van der Waals surface area contributed by atoms with E-state index in [1.54, 1.807) is 29.6 Å². The minimum absolute atomic E-state index is 0.0527. The zero-order chi connectivity index (χ0) is 15.1. The molecule has 0 aliphatic carbocycles. The number of nitrogens with one attached hydrogen (secondary N) is 2. The molecule has 0 saturated heterocycles. The maximum Gasteiger partial charge on any atom is 0.257 e. The second-order valence-corrected chi connectivity index (χ2v) is 5.35. The summed E-state index contributed by atoms with van der Waals surface area (Å²) in [5, 5.41) is 7.81. The first-order valence-corrected chi connectivity index (χ1v) is 7.64. The number of benzene rings is 1. The Hall–Kier alpha value is -2.21. The average molecular weight is 303 g/mol. The third-order valence-corrected chi connectivity index (χ3v) is 3.53. The van der Waals surface area contributed by atoms with E-state index in [9.17, 15) is 9.59 Å². The molecule has 6 heteroatoms. The lowest BCUT2D eigenvalue weighted by molar-refractivity contribution is -0.120. The fourth-order valence-electron chi connectivity index (χ4n) is 1.70. The monoisotopic (exact) mass is 303 g/mol. The van der Waals surface area contributed by atoms with Gasteiger partial charge in [-0.05, 0) is 18.6 Å². The van der Waals surface area contributed by atoms with Crippen LogP contribution in [0.15, 0.2) is 35.7 Å². The van der Waals surface area contributed by atoms with Crippen LogP contribution in [-0.4, -0.2) is 23.3 Å². The average Bonchev–Trinajstić information content (AvgIpc) is 2.93. The molecule has 0 aliphatic rings. The van der Waals surface area contributed by atoms with Gasteiger partial charge < -0.3 is 5.32 Å². The van der Waals surface area contributed by atoms with E-state index in [2.05, 4.69) is 15.6 Å². The molecular weight excluding hydrogens is 286 g/mol.